The van der Waals surface area contributed by atoms with Crippen molar-refractivity contribution in [3.63, 3.8) is 0 Å². The summed E-state index contributed by atoms with van der Waals surface area (Å²) in [7, 11) is 0. The first-order valence-electron chi connectivity index (χ1n) is 8.31. The Morgan fingerprint density at radius 3 is 2.77 bits per heavy atom. The molecule has 26 heavy (non-hydrogen) atoms. The van der Waals surface area contributed by atoms with Gasteiger partial charge in [-0.05, 0) is 26.0 Å². The van der Waals surface area contributed by atoms with E-state index in [1.54, 1.807) is 17.9 Å². The topological polar surface area (TPSA) is 91.3 Å². The Kier molecular flexibility index (Phi) is 4.88. The van der Waals surface area contributed by atoms with E-state index in [4.69, 9.17) is 0 Å². The molecule has 1 N–H and O–H groups in total. The van der Waals surface area contributed by atoms with Gasteiger partial charge in [0.1, 0.15) is 18.2 Å². The number of piperazine rings is 1. The van der Waals surface area contributed by atoms with Crippen molar-refractivity contribution < 1.29 is 9.18 Å². The van der Waals surface area contributed by atoms with Crippen LogP contribution < -0.4 is 16.1 Å². The van der Waals surface area contributed by atoms with Crippen molar-refractivity contribution in [3.8, 4) is 0 Å². The number of H-pyrrole nitrogens is 1. The van der Waals surface area contributed by atoms with E-state index in [2.05, 4.69) is 9.97 Å². The first-order chi connectivity index (χ1) is 12.3. The Balaban J connectivity index is 1.68. The number of aromatic nitrogens is 3. The third-order valence-electron chi connectivity index (χ3n) is 4.48. The normalized spacial score (nSPS) is 17.4. The molecule has 1 unspecified atom stereocenters. The van der Waals surface area contributed by atoms with E-state index in [9.17, 15) is 18.8 Å². The molecule has 0 spiro atoms. The molecule has 3 rings (SSSR count). The van der Waals surface area contributed by atoms with Crippen LogP contribution in [0.2, 0.25) is 0 Å². The summed E-state index contributed by atoms with van der Waals surface area (Å²) in [5, 5.41) is 0. The summed E-state index contributed by atoms with van der Waals surface area (Å²) in [6, 6.07) is 2.98. The molecule has 0 aliphatic carbocycles. The van der Waals surface area contributed by atoms with Gasteiger partial charge in [0, 0.05) is 37.4 Å². The molecule has 0 bridgehead atoms. The number of aromatic amines is 1. The van der Waals surface area contributed by atoms with Gasteiger partial charge < -0.3 is 9.80 Å². The molecule has 0 saturated carbocycles. The molecule has 1 aliphatic heterocycles. The molecule has 9 heteroatoms. The van der Waals surface area contributed by atoms with Crippen molar-refractivity contribution in [1.29, 1.82) is 0 Å². The fraction of sp³-hybridized carbons (Fsp3) is 0.412. The highest BCUT2D eigenvalue weighted by Crippen LogP contribution is 2.18. The van der Waals surface area contributed by atoms with Crippen molar-refractivity contribution in [2.24, 2.45) is 0 Å². The molecule has 1 amide bonds. The SMILES string of the molecule is Cc1cn(CC(=O)N2CCN(c3ccc(F)cn3)C(C)C2)c(=O)[nH]c1=O. The number of nitrogens with one attached hydrogen (secondary N) is 1. The number of carbonyl (C=O) groups excluding carboxylic acids is 1. The lowest BCUT2D eigenvalue weighted by Crippen LogP contribution is -2.55. The van der Waals surface area contributed by atoms with Gasteiger partial charge in [0.2, 0.25) is 5.91 Å². The van der Waals surface area contributed by atoms with Gasteiger partial charge >= 0.3 is 5.69 Å². The van der Waals surface area contributed by atoms with Crippen LogP contribution in [0.15, 0.2) is 34.1 Å². The van der Waals surface area contributed by atoms with E-state index >= 15 is 0 Å². The average molecular weight is 361 g/mol. The number of hydrogen-bond acceptors (Lipinski definition) is 5. The molecule has 1 atom stereocenters. The summed E-state index contributed by atoms with van der Waals surface area (Å²) in [5.74, 6) is 0.0763. The second-order valence-corrected chi connectivity index (χ2v) is 6.42. The summed E-state index contributed by atoms with van der Waals surface area (Å²) in [6.07, 6.45) is 2.56. The fourth-order valence-corrected chi connectivity index (χ4v) is 3.04. The van der Waals surface area contributed by atoms with E-state index in [1.807, 2.05) is 11.8 Å². The highest BCUT2D eigenvalue weighted by molar-refractivity contribution is 5.76. The number of pyridine rings is 1. The van der Waals surface area contributed by atoms with Crippen LogP contribution in [-0.4, -0.2) is 51.0 Å². The van der Waals surface area contributed by atoms with Crippen molar-refractivity contribution in [2.75, 3.05) is 24.5 Å². The monoisotopic (exact) mass is 361 g/mol. The number of nitrogens with zero attached hydrogens (tertiary/aromatic N) is 4. The Morgan fingerprint density at radius 1 is 1.35 bits per heavy atom. The number of carbonyl (C=O) groups is 1. The first-order valence-corrected chi connectivity index (χ1v) is 8.31. The summed E-state index contributed by atoms with van der Waals surface area (Å²) >= 11 is 0. The van der Waals surface area contributed by atoms with Gasteiger partial charge in [-0.1, -0.05) is 0 Å². The molecule has 2 aromatic rings. The number of hydrogen-bond donors (Lipinski definition) is 1. The van der Waals surface area contributed by atoms with Crippen LogP contribution in [-0.2, 0) is 11.3 Å². The zero-order chi connectivity index (χ0) is 18.8. The molecule has 1 fully saturated rings. The maximum Gasteiger partial charge on any atom is 0.328 e. The van der Waals surface area contributed by atoms with Gasteiger partial charge in [-0.2, -0.15) is 0 Å². The Labute approximate surface area is 148 Å². The Bertz CT molecular complexity index is 921. The second kappa shape index (κ2) is 7.11. The Morgan fingerprint density at radius 2 is 2.12 bits per heavy atom. The van der Waals surface area contributed by atoms with Crippen molar-refractivity contribution >= 4 is 11.7 Å². The molecular weight excluding hydrogens is 341 g/mol. The van der Waals surface area contributed by atoms with Crippen LogP contribution >= 0.6 is 0 Å². The number of rotatable bonds is 3. The molecule has 1 saturated heterocycles. The maximum absolute atomic E-state index is 13.0. The van der Waals surface area contributed by atoms with Crippen LogP contribution in [0, 0.1) is 12.7 Å². The summed E-state index contributed by atoms with van der Waals surface area (Å²) in [6.45, 7) is 4.91. The summed E-state index contributed by atoms with van der Waals surface area (Å²) < 4.78 is 14.2. The molecule has 3 heterocycles. The third kappa shape index (κ3) is 3.66. The molecule has 2 aromatic heterocycles. The van der Waals surface area contributed by atoms with E-state index in [0.717, 1.165) is 0 Å². The first kappa shape index (κ1) is 17.8. The standard InChI is InChI=1S/C17H20FN5O3/c1-11-8-22(17(26)20-16(11)25)10-15(24)21-5-6-23(12(2)9-21)14-4-3-13(18)7-19-14/h3-4,7-8,12H,5-6,9-10H2,1-2H3,(H,20,25,26). The molecule has 138 valence electrons. The molecular formula is C17H20FN5O3. The minimum atomic E-state index is -0.601. The van der Waals surface area contributed by atoms with Crippen molar-refractivity contribution in [3.05, 3.63) is 56.7 Å². The minimum absolute atomic E-state index is 0.000278. The Hall–Kier alpha value is -2.97. The van der Waals surface area contributed by atoms with Gasteiger partial charge in [-0.3, -0.25) is 19.1 Å². The zero-order valence-corrected chi connectivity index (χ0v) is 14.6. The largest absolute Gasteiger partial charge is 0.350 e. The van der Waals surface area contributed by atoms with Crippen LogP contribution in [0.3, 0.4) is 0 Å². The lowest BCUT2D eigenvalue weighted by molar-refractivity contribution is -0.132. The van der Waals surface area contributed by atoms with E-state index in [0.29, 0.717) is 31.0 Å². The number of anilines is 1. The van der Waals surface area contributed by atoms with Crippen molar-refractivity contribution in [1.82, 2.24) is 19.4 Å². The van der Waals surface area contributed by atoms with Gasteiger partial charge in [0.05, 0.1) is 6.20 Å². The highest BCUT2D eigenvalue weighted by Gasteiger charge is 2.27. The highest BCUT2D eigenvalue weighted by atomic mass is 19.1. The number of halogens is 1. The lowest BCUT2D eigenvalue weighted by Gasteiger charge is -2.40. The molecule has 1 aliphatic rings. The zero-order valence-electron chi connectivity index (χ0n) is 14.6. The molecule has 8 nitrogen and oxygen atoms in total. The minimum Gasteiger partial charge on any atom is -0.350 e. The smallest absolute Gasteiger partial charge is 0.328 e. The van der Waals surface area contributed by atoms with Gasteiger partial charge in [-0.15, -0.1) is 0 Å². The number of aryl methyl sites for hydroxylation is 1. The van der Waals surface area contributed by atoms with E-state index < -0.39 is 17.1 Å². The van der Waals surface area contributed by atoms with Crippen LogP contribution in [0.25, 0.3) is 0 Å². The van der Waals surface area contributed by atoms with Crippen molar-refractivity contribution in [2.45, 2.75) is 26.4 Å². The van der Waals surface area contributed by atoms with Gasteiger partial charge in [0.25, 0.3) is 5.56 Å². The van der Waals surface area contributed by atoms with E-state index in [1.165, 1.54) is 23.0 Å². The molecule has 0 aromatic carbocycles. The second-order valence-electron chi connectivity index (χ2n) is 6.42. The van der Waals surface area contributed by atoms with Crippen LogP contribution in [0.5, 0.6) is 0 Å². The quantitative estimate of drug-likeness (QED) is 0.838. The molecule has 0 radical (unpaired) electrons. The summed E-state index contributed by atoms with van der Waals surface area (Å²) in [4.78, 5) is 45.8. The van der Waals surface area contributed by atoms with Crippen LogP contribution in [0.4, 0.5) is 10.2 Å². The predicted molar refractivity (Wildman–Crippen MR) is 93.6 cm³/mol. The number of amides is 1. The maximum atomic E-state index is 13.0. The van der Waals surface area contributed by atoms with Gasteiger partial charge in [-0.25, -0.2) is 14.2 Å². The predicted octanol–water partition coefficient (Wildman–Crippen LogP) is 0.116. The van der Waals surface area contributed by atoms with E-state index in [-0.39, 0.29) is 18.5 Å². The average Bonchev–Trinajstić information content (AvgIpc) is 2.60. The lowest BCUT2D eigenvalue weighted by atomic mass is 10.2. The fourth-order valence-electron chi connectivity index (χ4n) is 3.04. The van der Waals surface area contributed by atoms with Gasteiger partial charge in [0.15, 0.2) is 0 Å². The third-order valence-corrected chi connectivity index (χ3v) is 4.48. The summed E-state index contributed by atoms with van der Waals surface area (Å²) in [5.41, 5.74) is -0.679. The van der Waals surface area contributed by atoms with Crippen LogP contribution in [0.1, 0.15) is 12.5 Å².